The van der Waals surface area contributed by atoms with Gasteiger partial charge in [-0.3, -0.25) is 10.1 Å². The molecule has 0 saturated carbocycles. The highest BCUT2D eigenvalue weighted by Crippen LogP contribution is 2.29. The lowest BCUT2D eigenvalue weighted by Crippen LogP contribution is -2.20. The zero-order chi connectivity index (χ0) is 15.4. The second-order valence-electron chi connectivity index (χ2n) is 4.17. The Bertz CT molecular complexity index is 665. The van der Waals surface area contributed by atoms with E-state index in [4.69, 9.17) is 5.84 Å². The minimum Gasteiger partial charge on any atom is -0.324 e. The molecule has 0 amide bonds. The molecule has 7 nitrogen and oxygen atoms in total. The summed E-state index contributed by atoms with van der Waals surface area (Å²) < 4.78 is 13.9. The van der Waals surface area contributed by atoms with Crippen LogP contribution in [0.3, 0.4) is 0 Å². The molecule has 2 aromatic rings. The standard InChI is InChI=1S/C13H14FN5O2/c1-2-18(11-6-4-3-5-10(11)14)13-8-9(19(20)21)7-12(16-13)17-15/h3-8H,2,15H2,1H3,(H,16,17). The van der Waals surface area contributed by atoms with Crippen LogP contribution in [0.15, 0.2) is 36.4 Å². The van der Waals surface area contributed by atoms with Crippen LogP contribution in [0.25, 0.3) is 0 Å². The van der Waals surface area contributed by atoms with E-state index in [2.05, 4.69) is 10.4 Å². The van der Waals surface area contributed by atoms with Crippen molar-refractivity contribution in [3.8, 4) is 0 Å². The van der Waals surface area contributed by atoms with E-state index < -0.39 is 10.7 Å². The molecule has 0 saturated heterocycles. The molecule has 1 aromatic heterocycles. The van der Waals surface area contributed by atoms with Crippen molar-refractivity contribution < 1.29 is 9.31 Å². The van der Waals surface area contributed by atoms with Gasteiger partial charge in [-0.15, -0.1) is 0 Å². The minimum absolute atomic E-state index is 0.133. The number of hydrogen-bond donors (Lipinski definition) is 2. The molecule has 0 unspecified atom stereocenters. The van der Waals surface area contributed by atoms with Crippen LogP contribution < -0.4 is 16.2 Å². The van der Waals surface area contributed by atoms with Gasteiger partial charge in [0.15, 0.2) is 0 Å². The smallest absolute Gasteiger partial charge is 0.276 e. The molecule has 0 atom stereocenters. The van der Waals surface area contributed by atoms with Gasteiger partial charge in [-0.1, -0.05) is 12.1 Å². The maximum Gasteiger partial charge on any atom is 0.276 e. The molecule has 0 aliphatic rings. The van der Waals surface area contributed by atoms with Gasteiger partial charge in [-0.2, -0.15) is 0 Å². The number of nitro groups is 1. The Hall–Kier alpha value is -2.74. The molecule has 3 N–H and O–H groups in total. The maximum atomic E-state index is 13.9. The van der Waals surface area contributed by atoms with E-state index in [1.807, 2.05) is 0 Å². The predicted octanol–water partition coefficient (Wildman–Crippen LogP) is 2.57. The SMILES string of the molecule is CCN(c1cc([N+](=O)[O-])cc(NN)n1)c1ccccc1F. The number of pyridine rings is 1. The Kier molecular flexibility index (Phi) is 4.29. The van der Waals surface area contributed by atoms with Gasteiger partial charge in [0, 0.05) is 6.54 Å². The molecule has 0 radical (unpaired) electrons. The normalized spacial score (nSPS) is 10.2. The highest BCUT2D eigenvalue weighted by Gasteiger charge is 2.18. The second kappa shape index (κ2) is 6.14. The molecule has 2 rings (SSSR count). The lowest BCUT2D eigenvalue weighted by atomic mass is 10.2. The van der Waals surface area contributed by atoms with Crippen molar-refractivity contribution in [1.82, 2.24) is 4.98 Å². The van der Waals surface area contributed by atoms with Crippen LogP contribution in [0.4, 0.5) is 27.4 Å². The zero-order valence-electron chi connectivity index (χ0n) is 11.3. The van der Waals surface area contributed by atoms with Gasteiger partial charge in [-0.05, 0) is 19.1 Å². The number of hydrazine groups is 1. The Labute approximate surface area is 120 Å². The van der Waals surface area contributed by atoms with Crippen LogP contribution in [-0.2, 0) is 0 Å². The average Bonchev–Trinajstić information content (AvgIpc) is 2.49. The van der Waals surface area contributed by atoms with Crippen molar-refractivity contribution in [1.29, 1.82) is 0 Å². The summed E-state index contributed by atoms with van der Waals surface area (Å²) in [6.07, 6.45) is 0. The number of para-hydroxylation sites is 1. The number of halogens is 1. The fraction of sp³-hybridized carbons (Fsp3) is 0.154. The van der Waals surface area contributed by atoms with Crippen molar-refractivity contribution in [3.63, 3.8) is 0 Å². The number of rotatable bonds is 5. The Balaban J connectivity index is 2.54. The van der Waals surface area contributed by atoms with Crippen LogP contribution in [0.1, 0.15) is 6.92 Å². The Morgan fingerprint density at radius 1 is 1.43 bits per heavy atom. The zero-order valence-corrected chi connectivity index (χ0v) is 11.3. The number of nitrogens with zero attached hydrogens (tertiary/aromatic N) is 3. The first-order valence-electron chi connectivity index (χ1n) is 6.22. The summed E-state index contributed by atoms with van der Waals surface area (Å²) >= 11 is 0. The number of hydrogen-bond acceptors (Lipinski definition) is 6. The third-order valence-corrected chi connectivity index (χ3v) is 2.89. The fourth-order valence-corrected chi connectivity index (χ4v) is 1.95. The molecule has 0 bridgehead atoms. The van der Waals surface area contributed by atoms with Crippen LogP contribution in [0.5, 0.6) is 0 Å². The minimum atomic E-state index is -0.554. The number of nitrogens with one attached hydrogen (secondary N) is 1. The summed E-state index contributed by atoms with van der Waals surface area (Å²) in [5.74, 6) is 5.21. The number of anilines is 3. The summed E-state index contributed by atoms with van der Waals surface area (Å²) in [7, 11) is 0. The topological polar surface area (TPSA) is 97.3 Å². The van der Waals surface area contributed by atoms with Crippen LogP contribution >= 0.6 is 0 Å². The average molecular weight is 291 g/mol. The van der Waals surface area contributed by atoms with E-state index in [9.17, 15) is 14.5 Å². The van der Waals surface area contributed by atoms with Crippen molar-refractivity contribution in [2.24, 2.45) is 5.84 Å². The van der Waals surface area contributed by atoms with Gasteiger partial charge in [0.2, 0.25) is 0 Å². The molecule has 1 heterocycles. The van der Waals surface area contributed by atoms with Gasteiger partial charge in [0.1, 0.15) is 17.5 Å². The highest BCUT2D eigenvalue weighted by atomic mass is 19.1. The van der Waals surface area contributed by atoms with Gasteiger partial charge in [0.05, 0.1) is 22.7 Å². The van der Waals surface area contributed by atoms with Crippen molar-refractivity contribution >= 4 is 23.0 Å². The first-order valence-corrected chi connectivity index (χ1v) is 6.22. The molecular formula is C13H14FN5O2. The van der Waals surface area contributed by atoms with E-state index in [0.29, 0.717) is 6.54 Å². The quantitative estimate of drug-likeness (QED) is 0.499. The van der Waals surface area contributed by atoms with Crippen LogP contribution in [-0.4, -0.2) is 16.5 Å². The number of benzene rings is 1. The van der Waals surface area contributed by atoms with Gasteiger partial charge >= 0.3 is 0 Å². The van der Waals surface area contributed by atoms with E-state index in [0.717, 1.165) is 0 Å². The summed E-state index contributed by atoms with van der Waals surface area (Å²) in [4.78, 5) is 16.1. The molecule has 1 aromatic carbocycles. The Morgan fingerprint density at radius 2 is 2.14 bits per heavy atom. The van der Waals surface area contributed by atoms with Gasteiger partial charge < -0.3 is 10.3 Å². The molecule has 21 heavy (non-hydrogen) atoms. The summed E-state index contributed by atoms with van der Waals surface area (Å²) in [6, 6.07) is 8.63. The predicted molar refractivity (Wildman–Crippen MR) is 77.8 cm³/mol. The number of aromatic nitrogens is 1. The monoisotopic (exact) mass is 291 g/mol. The van der Waals surface area contributed by atoms with E-state index in [1.54, 1.807) is 25.1 Å². The second-order valence-corrected chi connectivity index (χ2v) is 4.17. The first kappa shape index (κ1) is 14.7. The van der Waals surface area contributed by atoms with Crippen molar-refractivity contribution in [2.75, 3.05) is 16.9 Å². The molecule has 8 heteroatoms. The summed E-state index contributed by atoms with van der Waals surface area (Å²) in [6.45, 7) is 2.18. The third-order valence-electron chi connectivity index (χ3n) is 2.89. The molecular weight excluding hydrogens is 277 g/mol. The molecule has 0 aliphatic carbocycles. The fourth-order valence-electron chi connectivity index (χ4n) is 1.95. The summed E-state index contributed by atoms with van der Waals surface area (Å²) in [5.41, 5.74) is 2.38. The molecule has 0 fully saturated rings. The maximum absolute atomic E-state index is 13.9. The lowest BCUT2D eigenvalue weighted by molar-refractivity contribution is -0.384. The van der Waals surface area contributed by atoms with Crippen molar-refractivity contribution in [2.45, 2.75) is 6.92 Å². The van der Waals surface area contributed by atoms with E-state index >= 15 is 0 Å². The molecule has 110 valence electrons. The van der Waals surface area contributed by atoms with Crippen LogP contribution in [0.2, 0.25) is 0 Å². The largest absolute Gasteiger partial charge is 0.324 e. The van der Waals surface area contributed by atoms with Crippen LogP contribution in [0, 0.1) is 15.9 Å². The Morgan fingerprint density at radius 3 is 2.71 bits per heavy atom. The number of nitrogens with two attached hydrogens (primary N) is 1. The molecule has 0 spiro atoms. The van der Waals surface area contributed by atoms with Crippen molar-refractivity contribution in [3.05, 3.63) is 52.3 Å². The van der Waals surface area contributed by atoms with E-state index in [-0.39, 0.29) is 23.0 Å². The molecule has 0 aliphatic heterocycles. The number of nitrogen functional groups attached to an aromatic ring is 1. The first-order chi connectivity index (χ1) is 10.1. The van der Waals surface area contributed by atoms with Gasteiger partial charge in [0.25, 0.3) is 5.69 Å². The van der Waals surface area contributed by atoms with Gasteiger partial charge in [-0.25, -0.2) is 15.2 Å². The lowest BCUT2D eigenvalue weighted by Gasteiger charge is -2.22. The van der Waals surface area contributed by atoms with E-state index in [1.165, 1.54) is 23.1 Å². The highest BCUT2D eigenvalue weighted by molar-refractivity contribution is 5.65. The summed E-state index contributed by atoms with van der Waals surface area (Å²) in [5, 5.41) is 11.0. The third kappa shape index (κ3) is 3.06.